The molecular formula is C25H24N8O2. The summed E-state index contributed by atoms with van der Waals surface area (Å²) >= 11 is 0. The Labute approximate surface area is 201 Å². The first-order chi connectivity index (χ1) is 17.0. The van der Waals surface area contributed by atoms with Crippen LogP contribution in [-0.2, 0) is 24.1 Å². The molecule has 0 fully saturated rings. The van der Waals surface area contributed by atoms with Crippen molar-refractivity contribution >= 4 is 11.6 Å². The number of tetrazole rings is 1. The van der Waals surface area contributed by atoms with Crippen LogP contribution in [0.25, 0.3) is 28.2 Å². The van der Waals surface area contributed by atoms with Crippen molar-refractivity contribution in [3.63, 3.8) is 0 Å². The molecule has 3 heterocycles. The second kappa shape index (κ2) is 9.41. The number of nitrogens with zero attached hydrogens (tertiary/aromatic N) is 7. The van der Waals surface area contributed by atoms with Gasteiger partial charge in [0.1, 0.15) is 12.2 Å². The average molecular weight is 469 g/mol. The molecule has 0 aliphatic rings. The van der Waals surface area contributed by atoms with E-state index in [1.165, 1.54) is 0 Å². The lowest BCUT2D eigenvalue weighted by atomic mass is 9.96. The fraction of sp³-hybridized carbons (Fsp3) is 0.240. The number of nitrogens with one attached hydrogen (secondary N) is 1. The van der Waals surface area contributed by atoms with E-state index in [0.29, 0.717) is 23.7 Å². The van der Waals surface area contributed by atoms with Gasteiger partial charge in [0.05, 0.1) is 0 Å². The standard InChI is InChI=1S/C25H24N8O2/c1-3-6-21-20(25-27-22(14-23(34)35)30-33(25)15(2)26-21)13-16-9-11-17(12-10-16)18-7-4-5-8-19(18)24-28-31-32-29-24/h4-5,7-12H,3,6,13-14H2,1-2H3,(H,34,35)(H,28,29,31,32). The third-order valence-corrected chi connectivity index (χ3v) is 5.84. The zero-order chi connectivity index (χ0) is 24.4. The van der Waals surface area contributed by atoms with E-state index in [-0.39, 0.29) is 12.2 Å². The Morgan fingerprint density at radius 2 is 1.83 bits per heavy atom. The maximum absolute atomic E-state index is 11.2. The molecule has 0 saturated heterocycles. The molecule has 5 aromatic rings. The van der Waals surface area contributed by atoms with E-state index >= 15 is 0 Å². The van der Waals surface area contributed by atoms with Crippen LogP contribution < -0.4 is 0 Å². The van der Waals surface area contributed by atoms with E-state index in [9.17, 15) is 9.90 Å². The van der Waals surface area contributed by atoms with Gasteiger partial charge in [-0.3, -0.25) is 4.79 Å². The highest BCUT2D eigenvalue weighted by Gasteiger charge is 2.18. The monoisotopic (exact) mass is 468 g/mol. The smallest absolute Gasteiger partial charge is 0.311 e. The molecule has 0 unspecified atom stereocenters. The normalized spacial score (nSPS) is 11.3. The first-order valence-electron chi connectivity index (χ1n) is 11.4. The van der Waals surface area contributed by atoms with Crippen molar-refractivity contribution in [2.24, 2.45) is 0 Å². The quantitative estimate of drug-likeness (QED) is 0.354. The molecule has 10 nitrogen and oxygen atoms in total. The van der Waals surface area contributed by atoms with E-state index < -0.39 is 5.97 Å². The molecule has 2 aromatic carbocycles. The van der Waals surface area contributed by atoms with Crippen LogP contribution in [0.5, 0.6) is 0 Å². The Balaban J connectivity index is 1.51. The van der Waals surface area contributed by atoms with Crippen LogP contribution in [-0.4, -0.2) is 51.3 Å². The summed E-state index contributed by atoms with van der Waals surface area (Å²) < 4.78 is 1.66. The van der Waals surface area contributed by atoms with E-state index in [1.807, 2.05) is 31.2 Å². The van der Waals surface area contributed by atoms with Gasteiger partial charge >= 0.3 is 5.97 Å². The summed E-state index contributed by atoms with van der Waals surface area (Å²) in [6.45, 7) is 3.98. The summed E-state index contributed by atoms with van der Waals surface area (Å²) in [7, 11) is 0. The lowest BCUT2D eigenvalue weighted by molar-refractivity contribution is -0.136. The van der Waals surface area contributed by atoms with Crippen LogP contribution >= 0.6 is 0 Å². The number of carboxylic acid groups (broad SMARTS) is 1. The Morgan fingerprint density at radius 3 is 2.51 bits per heavy atom. The van der Waals surface area contributed by atoms with Gasteiger partial charge in [-0.25, -0.2) is 15.1 Å². The minimum absolute atomic E-state index is 0.224. The van der Waals surface area contributed by atoms with Crippen LogP contribution in [0, 0.1) is 6.92 Å². The number of carboxylic acids is 1. The molecule has 0 aliphatic heterocycles. The number of aryl methyl sites for hydroxylation is 2. The van der Waals surface area contributed by atoms with E-state index in [4.69, 9.17) is 4.98 Å². The number of hydrogen-bond acceptors (Lipinski definition) is 7. The molecule has 176 valence electrons. The highest BCUT2D eigenvalue weighted by molar-refractivity contribution is 5.80. The largest absolute Gasteiger partial charge is 0.481 e. The minimum atomic E-state index is -0.959. The molecule has 0 bridgehead atoms. The topological polar surface area (TPSA) is 135 Å². The van der Waals surface area contributed by atoms with Gasteiger partial charge in [0.25, 0.3) is 0 Å². The number of aromatic nitrogens is 8. The predicted molar refractivity (Wildman–Crippen MR) is 129 cm³/mol. The molecular weight excluding hydrogens is 444 g/mol. The summed E-state index contributed by atoms with van der Waals surface area (Å²) in [4.78, 5) is 20.5. The van der Waals surface area contributed by atoms with Gasteiger partial charge in [0, 0.05) is 23.2 Å². The second-order valence-electron chi connectivity index (χ2n) is 8.34. The van der Waals surface area contributed by atoms with Gasteiger partial charge in [-0.05, 0) is 40.5 Å². The Morgan fingerprint density at radius 1 is 1.06 bits per heavy atom. The maximum Gasteiger partial charge on any atom is 0.311 e. The molecule has 35 heavy (non-hydrogen) atoms. The van der Waals surface area contributed by atoms with Crippen molar-refractivity contribution in [2.75, 3.05) is 0 Å². The van der Waals surface area contributed by atoms with Crippen LogP contribution in [0.3, 0.4) is 0 Å². The van der Waals surface area contributed by atoms with E-state index in [0.717, 1.165) is 46.4 Å². The summed E-state index contributed by atoms with van der Waals surface area (Å²) in [5.74, 6) is 0.640. The van der Waals surface area contributed by atoms with Gasteiger partial charge in [-0.1, -0.05) is 61.9 Å². The molecule has 3 aromatic heterocycles. The Bertz CT molecular complexity index is 1490. The van der Waals surface area contributed by atoms with Gasteiger partial charge in [-0.2, -0.15) is 4.52 Å². The number of aromatic amines is 1. The van der Waals surface area contributed by atoms with Crippen molar-refractivity contribution in [2.45, 2.75) is 39.5 Å². The fourth-order valence-electron chi connectivity index (χ4n) is 4.27. The Hall–Kier alpha value is -4.47. The minimum Gasteiger partial charge on any atom is -0.481 e. The molecule has 0 radical (unpaired) electrons. The molecule has 0 atom stereocenters. The summed E-state index contributed by atoms with van der Waals surface area (Å²) in [6.07, 6.45) is 2.15. The molecule has 5 rings (SSSR count). The lowest BCUT2D eigenvalue weighted by Crippen LogP contribution is -2.08. The van der Waals surface area contributed by atoms with Crippen LogP contribution in [0.1, 0.15) is 41.8 Å². The van der Waals surface area contributed by atoms with E-state index in [1.54, 1.807) is 4.52 Å². The van der Waals surface area contributed by atoms with Crippen molar-refractivity contribution in [3.8, 4) is 22.5 Å². The number of aliphatic carboxylic acids is 1. The van der Waals surface area contributed by atoms with Gasteiger partial charge < -0.3 is 5.11 Å². The number of hydrogen-bond donors (Lipinski definition) is 2. The number of carbonyl (C=O) groups is 1. The average Bonchev–Trinajstić information content (AvgIpc) is 3.53. The van der Waals surface area contributed by atoms with Crippen LogP contribution in [0.4, 0.5) is 0 Å². The SMILES string of the molecule is CCCc1nc(C)n2nc(CC(=O)O)nc2c1Cc1ccc(-c2ccccc2-c2nnn[nH]2)cc1. The first kappa shape index (κ1) is 22.3. The maximum atomic E-state index is 11.2. The summed E-state index contributed by atoms with van der Waals surface area (Å²) in [6, 6.07) is 16.3. The summed E-state index contributed by atoms with van der Waals surface area (Å²) in [5, 5.41) is 27.8. The van der Waals surface area contributed by atoms with Crippen LogP contribution in [0.2, 0.25) is 0 Å². The van der Waals surface area contributed by atoms with Gasteiger partial charge in [0.15, 0.2) is 17.3 Å². The summed E-state index contributed by atoms with van der Waals surface area (Å²) in [5.41, 5.74) is 6.72. The van der Waals surface area contributed by atoms with Gasteiger partial charge in [0.2, 0.25) is 0 Å². The molecule has 10 heteroatoms. The molecule has 0 aliphatic carbocycles. The predicted octanol–water partition coefficient (Wildman–Crippen LogP) is 3.45. The fourth-order valence-corrected chi connectivity index (χ4v) is 4.27. The molecule has 0 saturated carbocycles. The van der Waals surface area contributed by atoms with Crippen molar-refractivity contribution in [3.05, 3.63) is 77.0 Å². The zero-order valence-electron chi connectivity index (χ0n) is 19.4. The van der Waals surface area contributed by atoms with Crippen molar-refractivity contribution < 1.29 is 9.90 Å². The number of H-pyrrole nitrogens is 1. The number of benzene rings is 2. The van der Waals surface area contributed by atoms with Crippen molar-refractivity contribution in [1.29, 1.82) is 0 Å². The third kappa shape index (κ3) is 4.50. The molecule has 0 amide bonds. The van der Waals surface area contributed by atoms with E-state index in [2.05, 4.69) is 61.9 Å². The van der Waals surface area contributed by atoms with Gasteiger partial charge in [-0.15, -0.1) is 10.2 Å². The first-order valence-corrected chi connectivity index (χ1v) is 11.4. The Kier molecular flexibility index (Phi) is 6.01. The highest BCUT2D eigenvalue weighted by Crippen LogP contribution is 2.30. The molecule has 0 spiro atoms. The van der Waals surface area contributed by atoms with Crippen LogP contribution in [0.15, 0.2) is 48.5 Å². The number of rotatable bonds is 8. The number of fused-ring (bicyclic) bond motifs is 1. The third-order valence-electron chi connectivity index (χ3n) is 5.84. The second-order valence-corrected chi connectivity index (χ2v) is 8.34. The van der Waals surface area contributed by atoms with Crippen molar-refractivity contribution in [1.82, 2.24) is 40.2 Å². The highest BCUT2D eigenvalue weighted by atomic mass is 16.4. The zero-order valence-corrected chi connectivity index (χ0v) is 19.4. The molecule has 2 N–H and O–H groups in total. The lowest BCUT2D eigenvalue weighted by Gasteiger charge is -2.12.